The van der Waals surface area contributed by atoms with Crippen molar-refractivity contribution in [3.05, 3.63) is 42.0 Å². The van der Waals surface area contributed by atoms with Gasteiger partial charge in [0.15, 0.2) is 0 Å². The second-order valence-electron chi connectivity index (χ2n) is 4.24. The van der Waals surface area contributed by atoms with Crippen molar-refractivity contribution in [2.75, 3.05) is 0 Å². The molecule has 0 fully saturated rings. The van der Waals surface area contributed by atoms with Crippen molar-refractivity contribution in [3.8, 4) is 0 Å². The molecule has 92 valence electrons. The molecule has 0 aliphatic heterocycles. The molecule has 0 aliphatic carbocycles. The fourth-order valence-electron chi connectivity index (χ4n) is 1.81. The molecule has 0 radical (unpaired) electrons. The minimum absolute atomic E-state index is 0.603. The third-order valence-corrected chi connectivity index (χ3v) is 2.81. The van der Waals surface area contributed by atoms with Gasteiger partial charge in [-0.25, -0.2) is 0 Å². The van der Waals surface area contributed by atoms with Crippen LogP contribution < -0.4 is 5.46 Å². The summed E-state index contributed by atoms with van der Waals surface area (Å²) in [5, 5.41) is 18.4. The van der Waals surface area contributed by atoms with Crippen molar-refractivity contribution in [3.63, 3.8) is 0 Å². The molecule has 2 nitrogen and oxygen atoms in total. The lowest BCUT2D eigenvalue weighted by Gasteiger charge is -2.05. The summed E-state index contributed by atoms with van der Waals surface area (Å²) in [4.78, 5) is 0. The topological polar surface area (TPSA) is 40.5 Å². The summed E-state index contributed by atoms with van der Waals surface area (Å²) in [6.45, 7) is 2.20. The van der Waals surface area contributed by atoms with E-state index in [0.29, 0.717) is 5.46 Å². The van der Waals surface area contributed by atoms with Crippen LogP contribution in [0.3, 0.4) is 0 Å². The van der Waals surface area contributed by atoms with Gasteiger partial charge in [0.05, 0.1) is 0 Å². The van der Waals surface area contributed by atoms with E-state index in [1.165, 1.54) is 19.3 Å². The number of unbranched alkanes of at least 4 members (excludes halogenated alkanes) is 3. The maximum atomic E-state index is 9.21. The third-order valence-electron chi connectivity index (χ3n) is 2.81. The molecule has 0 unspecified atom stereocenters. The van der Waals surface area contributed by atoms with Gasteiger partial charge in [0, 0.05) is 0 Å². The summed E-state index contributed by atoms with van der Waals surface area (Å²) >= 11 is 0. The molecule has 0 aliphatic rings. The van der Waals surface area contributed by atoms with Crippen molar-refractivity contribution < 1.29 is 10.0 Å². The van der Waals surface area contributed by atoms with Crippen LogP contribution in [0.4, 0.5) is 0 Å². The van der Waals surface area contributed by atoms with Gasteiger partial charge < -0.3 is 10.0 Å². The Hall–Kier alpha value is -1.06. The first-order valence-electron chi connectivity index (χ1n) is 6.34. The van der Waals surface area contributed by atoms with Crippen LogP contribution in [0.15, 0.2) is 36.4 Å². The van der Waals surface area contributed by atoms with E-state index in [2.05, 4.69) is 19.1 Å². The second kappa shape index (κ2) is 8.10. The summed E-state index contributed by atoms with van der Waals surface area (Å²) in [7, 11) is -1.38. The summed E-state index contributed by atoms with van der Waals surface area (Å²) in [5.74, 6) is 0. The van der Waals surface area contributed by atoms with Crippen molar-refractivity contribution in [1.29, 1.82) is 0 Å². The fraction of sp³-hybridized carbons (Fsp3) is 0.429. The van der Waals surface area contributed by atoms with E-state index in [0.717, 1.165) is 18.4 Å². The van der Waals surface area contributed by atoms with Crippen molar-refractivity contribution in [2.24, 2.45) is 0 Å². The maximum Gasteiger partial charge on any atom is 0.488 e. The number of benzene rings is 1. The van der Waals surface area contributed by atoms with Crippen LogP contribution in [0.5, 0.6) is 0 Å². The van der Waals surface area contributed by atoms with Gasteiger partial charge >= 0.3 is 7.12 Å². The Bertz CT molecular complexity index is 348. The lowest BCUT2D eigenvalue weighted by molar-refractivity contribution is 0.425. The molecule has 0 bridgehead atoms. The molecule has 1 aromatic rings. The van der Waals surface area contributed by atoms with Crippen molar-refractivity contribution in [1.82, 2.24) is 0 Å². The SMILES string of the molecule is CCCCC/C=C/Cc1ccccc1B(O)O. The zero-order chi connectivity index (χ0) is 12.5. The number of hydrogen-bond acceptors (Lipinski definition) is 2. The average Bonchev–Trinajstić information content (AvgIpc) is 2.34. The Labute approximate surface area is 104 Å². The van der Waals surface area contributed by atoms with Crippen LogP contribution in [0.1, 0.15) is 38.2 Å². The Morgan fingerprint density at radius 3 is 2.59 bits per heavy atom. The van der Waals surface area contributed by atoms with Gasteiger partial charge in [0.1, 0.15) is 0 Å². The monoisotopic (exact) mass is 232 g/mol. The fourth-order valence-corrected chi connectivity index (χ4v) is 1.81. The molecule has 0 atom stereocenters. The van der Waals surface area contributed by atoms with E-state index in [4.69, 9.17) is 0 Å². The number of hydrogen-bond donors (Lipinski definition) is 2. The van der Waals surface area contributed by atoms with Gasteiger partial charge in [0.2, 0.25) is 0 Å². The smallest absolute Gasteiger partial charge is 0.423 e. The quantitative estimate of drug-likeness (QED) is 0.429. The van der Waals surface area contributed by atoms with Gasteiger partial charge in [-0.05, 0) is 30.3 Å². The summed E-state index contributed by atoms with van der Waals surface area (Å²) in [6.07, 6.45) is 9.91. The van der Waals surface area contributed by atoms with Gasteiger partial charge in [-0.3, -0.25) is 0 Å². The lowest BCUT2D eigenvalue weighted by Crippen LogP contribution is -2.32. The first-order valence-corrected chi connectivity index (χ1v) is 6.34. The molecule has 1 aromatic carbocycles. The van der Waals surface area contributed by atoms with Gasteiger partial charge in [-0.15, -0.1) is 0 Å². The standard InChI is InChI=1S/C14H21BO2/c1-2-3-4-5-6-7-10-13-11-8-9-12-14(13)15(16)17/h6-9,11-12,16-17H,2-5,10H2,1H3/b7-6+. The molecular weight excluding hydrogens is 211 g/mol. The van der Waals surface area contributed by atoms with Crippen LogP contribution in [-0.4, -0.2) is 17.2 Å². The molecule has 0 spiro atoms. The van der Waals surface area contributed by atoms with Crippen LogP contribution >= 0.6 is 0 Å². The molecule has 0 aromatic heterocycles. The Morgan fingerprint density at radius 2 is 1.88 bits per heavy atom. The van der Waals surface area contributed by atoms with E-state index in [1.54, 1.807) is 6.07 Å². The highest BCUT2D eigenvalue weighted by molar-refractivity contribution is 6.59. The lowest BCUT2D eigenvalue weighted by atomic mass is 9.76. The molecule has 17 heavy (non-hydrogen) atoms. The third kappa shape index (κ3) is 5.20. The van der Waals surface area contributed by atoms with Gasteiger partial charge in [-0.2, -0.15) is 0 Å². The van der Waals surface area contributed by atoms with E-state index < -0.39 is 7.12 Å². The van der Waals surface area contributed by atoms with Crippen LogP contribution in [0.25, 0.3) is 0 Å². The highest BCUT2D eigenvalue weighted by atomic mass is 16.4. The predicted octanol–water partition coefficient (Wildman–Crippen LogP) is 2.05. The Morgan fingerprint density at radius 1 is 1.12 bits per heavy atom. The Kier molecular flexibility index (Phi) is 6.67. The van der Waals surface area contributed by atoms with Crippen LogP contribution in [-0.2, 0) is 6.42 Å². The first-order chi connectivity index (χ1) is 8.25. The maximum absolute atomic E-state index is 9.21. The van der Waals surface area contributed by atoms with Crippen LogP contribution in [0, 0.1) is 0 Å². The zero-order valence-corrected chi connectivity index (χ0v) is 10.5. The number of allylic oxidation sites excluding steroid dienone is 2. The summed E-state index contributed by atoms with van der Waals surface area (Å²) in [5.41, 5.74) is 1.58. The normalized spacial score (nSPS) is 11.0. The summed E-state index contributed by atoms with van der Waals surface area (Å²) in [6, 6.07) is 7.44. The van der Waals surface area contributed by atoms with E-state index in [9.17, 15) is 10.0 Å². The molecule has 0 saturated carbocycles. The molecule has 0 amide bonds. The van der Waals surface area contributed by atoms with Crippen molar-refractivity contribution >= 4 is 12.6 Å². The highest BCUT2D eigenvalue weighted by Gasteiger charge is 2.13. The van der Waals surface area contributed by atoms with E-state index in [1.807, 2.05) is 18.2 Å². The van der Waals surface area contributed by atoms with Gasteiger partial charge in [-0.1, -0.05) is 56.2 Å². The van der Waals surface area contributed by atoms with E-state index >= 15 is 0 Å². The molecule has 2 N–H and O–H groups in total. The molecule has 1 rings (SSSR count). The predicted molar refractivity (Wildman–Crippen MR) is 73.3 cm³/mol. The van der Waals surface area contributed by atoms with Gasteiger partial charge in [0.25, 0.3) is 0 Å². The van der Waals surface area contributed by atoms with Crippen LogP contribution in [0.2, 0.25) is 0 Å². The second-order valence-corrected chi connectivity index (χ2v) is 4.24. The first kappa shape index (κ1) is 14.0. The summed E-state index contributed by atoms with van der Waals surface area (Å²) < 4.78 is 0. The average molecular weight is 232 g/mol. The zero-order valence-electron chi connectivity index (χ0n) is 10.5. The van der Waals surface area contributed by atoms with Crippen molar-refractivity contribution in [2.45, 2.75) is 39.0 Å². The molecule has 0 saturated heterocycles. The largest absolute Gasteiger partial charge is 0.488 e. The minimum atomic E-state index is -1.38. The Balaban J connectivity index is 2.45. The minimum Gasteiger partial charge on any atom is -0.423 e. The molecule has 0 heterocycles. The highest BCUT2D eigenvalue weighted by Crippen LogP contribution is 2.03. The molecular formula is C14H21BO2. The molecule has 3 heteroatoms. The number of rotatable bonds is 7. The van der Waals surface area contributed by atoms with E-state index in [-0.39, 0.29) is 0 Å².